The Labute approximate surface area is 113 Å². The third kappa shape index (κ3) is 4.88. The summed E-state index contributed by atoms with van der Waals surface area (Å²) in [6.07, 6.45) is 3.19. The van der Waals surface area contributed by atoms with E-state index in [1.54, 1.807) is 0 Å². The summed E-state index contributed by atoms with van der Waals surface area (Å²) in [5.74, 6) is -0.0308. The third-order valence-electron chi connectivity index (χ3n) is 2.59. The van der Waals surface area contributed by atoms with Crippen molar-refractivity contribution in [1.82, 2.24) is 5.43 Å². The molecule has 0 heterocycles. The number of carbonyl (C=O) groups is 1. The first-order valence-electron chi connectivity index (χ1n) is 6.28. The van der Waals surface area contributed by atoms with Crippen molar-refractivity contribution in [2.24, 2.45) is 5.10 Å². The van der Waals surface area contributed by atoms with Crippen molar-refractivity contribution >= 4 is 23.2 Å². The molecular formula is C14H19ClN2O. The molecule has 0 aliphatic rings. The lowest BCUT2D eigenvalue weighted by molar-refractivity contribution is -0.121. The number of hydrogen-bond acceptors (Lipinski definition) is 2. The van der Waals surface area contributed by atoms with Gasteiger partial charge in [-0.25, -0.2) is 5.43 Å². The Morgan fingerprint density at radius 2 is 1.94 bits per heavy atom. The number of hydrogen-bond donors (Lipinski definition) is 1. The molecule has 0 saturated heterocycles. The van der Waals surface area contributed by atoms with Crippen molar-refractivity contribution in [1.29, 1.82) is 0 Å². The van der Waals surface area contributed by atoms with Gasteiger partial charge in [0.1, 0.15) is 0 Å². The van der Waals surface area contributed by atoms with Crippen LogP contribution in [-0.2, 0) is 4.79 Å². The quantitative estimate of drug-likeness (QED) is 0.618. The van der Waals surface area contributed by atoms with Gasteiger partial charge in [-0.3, -0.25) is 4.79 Å². The van der Waals surface area contributed by atoms with Crippen LogP contribution in [0.15, 0.2) is 29.4 Å². The van der Waals surface area contributed by atoms with E-state index in [-0.39, 0.29) is 5.91 Å². The van der Waals surface area contributed by atoms with Gasteiger partial charge < -0.3 is 0 Å². The highest BCUT2D eigenvalue weighted by atomic mass is 35.5. The van der Waals surface area contributed by atoms with Crippen LogP contribution in [0.4, 0.5) is 0 Å². The number of unbranched alkanes of at least 4 members (excludes halogenated alkanes) is 1. The van der Waals surface area contributed by atoms with Crippen LogP contribution in [0, 0.1) is 0 Å². The lowest BCUT2D eigenvalue weighted by atomic mass is 10.1. The van der Waals surface area contributed by atoms with Crippen LogP contribution in [0.3, 0.4) is 0 Å². The Balaban J connectivity index is 2.65. The Morgan fingerprint density at radius 1 is 1.28 bits per heavy atom. The predicted molar refractivity (Wildman–Crippen MR) is 75.9 cm³/mol. The molecule has 0 unspecified atom stereocenters. The number of nitrogens with one attached hydrogen (secondary N) is 1. The first kappa shape index (κ1) is 14.7. The molecule has 1 aromatic rings. The van der Waals surface area contributed by atoms with Crippen molar-refractivity contribution in [3.8, 4) is 0 Å². The minimum atomic E-state index is -0.0308. The van der Waals surface area contributed by atoms with Crippen LogP contribution < -0.4 is 5.43 Å². The molecule has 98 valence electrons. The van der Waals surface area contributed by atoms with E-state index in [9.17, 15) is 4.79 Å². The van der Waals surface area contributed by atoms with E-state index in [1.165, 1.54) is 0 Å². The van der Waals surface area contributed by atoms with E-state index in [0.717, 1.165) is 30.5 Å². The van der Waals surface area contributed by atoms with E-state index in [0.29, 0.717) is 11.4 Å². The van der Waals surface area contributed by atoms with E-state index < -0.39 is 0 Å². The van der Waals surface area contributed by atoms with Gasteiger partial charge in [-0.2, -0.15) is 5.10 Å². The third-order valence-corrected chi connectivity index (χ3v) is 2.84. The minimum absolute atomic E-state index is 0.0308. The molecule has 0 aromatic heterocycles. The molecule has 0 atom stereocenters. The fraction of sp³-hybridized carbons (Fsp3) is 0.429. The highest BCUT2D eigenvalue weighted by molar-refractivity contribution is 6.30. The standard InChI is InChI=1S/C14H19ClN2O/c1-3-5-6-14(18)17-16-13(4-2)11-7-9-12(15)10-8-11/h7-10H,3-6H2,1-2H3,(H,17,18). The number of nitrogens with zero attached hydrogens (tertiary/aromatic N) is 1. The second-order valence-corrected chi connectivity index (χ2v) is 4.49. The molecule has 0 radical (unpaired) electrons. The van der Waals surface area contributed by atoms with Gasteiger partial charge in [0.2, 0.25) is 5.91 Å². The van der Waals surface area contributed by atoms with Gasteiger partial charge in [0.15, 0.2) is 0 Å². The number of carbonyl (C=O) groups excluding carboxylic acids is 1. The summed E-state index contributed by atoms with van der Waals surface area (Å²) >= 11 is 5.83. The summed E-state index contributed by atoms with van der Waals surface area (Å²) < 4.78 is 0. The summed E-state index contributed by atoms with van der Waals surface area (Å²) in [6.45, 7) is 4.06. The number of benzene rings is 1. The number of amides is 1. The normalized spacial score (nSPS) is 11.4. The van der Waals surface area contributed by atoms with Crippen molar-refractivity contribution < 1.29 is 4.79 Å². The average molecular weight is 267 g/mol. The first-order valence-corrected chi connectivity index (χ1v) is 6.66. The van der Waals surface area contributed by atoms with Crippen LogP contribution in [0.2, 0.25) is 5.02 Å². The van der Waals surface area contributed by atoms with Gasteiger partial charge in [-0.05, 0) is 30.5 Å². The van der Waals surface area contributed by atoms with Gasteiger partial charge >= 0.3 is 0 Å². The number of hydrazone groups is 1. The largest absolute Gasteiger partial charge is 0.273 e. The molecule has 3 nitrogen and oxygen atoms in total. The van der Waals surface area contributed by atoms with E-state index in [4.69, 9.17) is 11.6 Å². The lowest BCUT2D eigenvalue weighted by Gasteiger charge is -2.05. The van der Waals surface area contributed by atoms with Gasteiger partial charge in [0.05, 0.1) is 5.71 Å². The van der Waals surface area contributed by atoms with Crippen molar-refractivity contribution in [3.05, 3.63) is 34.9 Å². The molecular weight excluding hydrogens is 248 g/mol. The Hall–Kier alpha value is -1.35. The predicted octanol–water partition coefficient (Wildman–Crippen LogP) is 3.76. The van der Waals surface area contributed by atoms with Crippen LogP contribution in [0.25, 0.3) is 0 Å². The molecule has 0 bridgehead atoms. The average Bonchev–Trinajstić information content (AvgIpc) is 2.39. The van der Waals surface area contributed by atoms with Crippen LogP contribution in [-0.4, -0.2) is 11.6 Å². The summed E-state index contributed by atoms with van der Waals surface area (Å²) in [6, 6.07) is 7.45. The Bertz CT molecular complexity index is 412. The summed E-state index contributed by atoms with van der Waals surface area (Å²) in [5, 5.41) is 4.86. The molecule has 1 aromatic carbocycles. The van der Waals surface area contributed by atoms with Crippen molar-refractivity contribution in [3.63, 3.8) is 0 Å². The monoisotopic (exact) mass is 266 g/mol. The second kappa shape index (κ2) is 7.88. The maximum absolute atomic E-state index is 11.5. The molecule has 18 heavy (non-hydrogen) atoms. The van der Waals surface area contributed by atoms with E-state index >= 15 is 0 Å². The molecule has 1 rings (SSSR count). The minimum Gasteiger partial charge on any atom is -0.273 e. The zero-order valence-corrected chi connectivity index (χ0v) is 11.6. The second-order valence-electron chi connectivity index (χ2n) is 4.06. The molecule has 0 fully saturated rings. The molecule has 1 N–H and O–H groups in total. The van der Waals surface area contributed by atoms with Crippen LogP contribution in [0.1, 0.15) is 45.1 Å². The highest BCUT2D eigenvalue weighted by Crippen LogP contribution is 2.11. The first-order chi connectivity index (χ1) is 8.67. The number of rotatable bonds is 6. The molecule has 4 heteroatoms. The molecule has 0 aliphatic heterocycles. The van der Waals surface area contributed by atoms with Gasteiger partial charge in [-0.15, -0.1) is 0 Å². The van der Waals surface area contributed by atoms with Gasteiger partial charge in [0.25, 0.3) is 0 Å². The maximum atomic E-state index is 11.5. The van der Waals surface area contributed by atoms with E-state index in [1.807, 2.05) is 31.2 Å². The fourth-order valence-corrected chi connectivity index (χ4v) is 1.64. The lowest BCUT2D eigenvalue weighted by Crippen LogP contribution is -2.19. The molecule has 0 saturated carbocycles. The van der Waals surface area contributed by atoms with Gasteiger partial charge in [-0.1, -0.05) is 44.0 Å². The smallest absolute Gasteiger partial charge is 0.240 e. The zero-order valence-electron chi connectivity index (χ0n) is 10.9. The molecule has 0 spiro atoms. The van der Waals surface area contributed by atoms with E-state index in [2.05, 4.69) is 17.5 Å². The van der Waals surface area contributed by atoms with Crippen LogP contribution in [0.5, 0.6) is 0 Å². The zero-order chi connectivity index (χ0) is 13.4. The SMILES string of the molecule is CCCCC(=O)NN=C(CC)c1ccc(Cl)cc1. The van der Waals surface area contributed by atoms with Crippen LogP contribution >= 0.6 is 11.6 Å². The highest BCUT2D eigenvalue weighted by Gasteiger charge is 2.03. The molecule has 1 amide bonds. The summed E-state index contributed by atoms with van der Waals surface area (Å²) in [5.41, 5.74) is 4.44. The van der Waals surface area contributed by atoms with Crippen molar-refractivity contribution in [2.45, 2.75) is 39.5 Å². The maximum Gasteiger partial charge on any atom is 0.240 e. The molecule has 0 aliphatic carbocycles. The summed E-state index contributed by atoms with van der Waals surface area (Å²) in [4.78, 5) is 11.5. The fourth-order valence-electron chi connectivity index (χ4n) is 1.51. The van der Waals surface area contributed by atoms with Gasteiger partial charge in [0, 0.05) is 11.4 Å². The van der Waals surface area contributed by atoms with Crippen molar-refractivity contribution in [2.75, 3.05) is 0 Å². The Kier molecular flexibility index (Phi) is 6.44. The Morgan fingerprint density at radius 3 is 2.50 bits per heavy atom. The number of halogens is 1. The topological polar surface area (TPSA) is 41.5 Å². The summed E-state index contributed by atoms with van der Waals surface area (Å²) in [7, 11) is 0.